The van der Waals surface area contributed by atoms with Crippen molar-refractivity contribution >= 4 is 22.6 Å². The van der Waals surface area contributed by atoms with Crippen molar-refractivity contribution in [1.82, 2.24) is 25.2 Å². The summed E-state index contributed by atoms with van der Waals surface area (Å²) in [6, 6.07) is 18.6. The molecule has 9 heteroatoms. The van der Waals surface area contributed by atoms with E-state index in [4.69, 9.17) is 14.7 Å². The number of nitrogens with one attached hydrogen (secondary N) is 1. The van der Waals surface area contributed by atoms with E-state index in [1.54, 1.807) is 18.3 Å². The number of anilines is 1. The number of nitrogens with zero attached hydrogens (tertiary/aromatic N) is 5. The van der Waals surface area contributed by atoms with Crippen LogP contribution in [0.4, 0.5) is 5.82 Å². The van der Waals surface area contributed by atoms with Crippen LogP contribution in [0.25, 0.3) is 22.2 Å². The van der Waals surface area contributed by atoms with Gasteiger partial charge >= 0.3 is 0 Å². The predicted molar refractivity (Wildman–Crippen MR) is 159 cm³/mol. The van der Waals surface area contributed by atoms with Gasteiger partial charge in [-0.1, -0.05) is 18.2 Å². The summed E-state index contributed by atoms with van der Waals surface area (Å²) < 4.78 is 6.19. The minimum Gasteiger partial charge on any atom is -0.477 e. The highest BCUT2D eigenvalue weighted by atomic mass is 16.5. The van der Waals surface area contributed by atoms with E-state index < -0.39 is 6.10 Å². The number of β-amino-alcohol motifs (C(OH)–C–C–N with tert-alkyl or cyclic N) is 1. The first-order valence-electron chi connectivity index (χ1n) is 14.4. The number of amides is 1. The Morgan fingerprint density at radius 3 is 2.61 bits per heavy atom. The van der Waals surface area contributed by atoms with E-state index in [9.17, 15) is 9.90 Å². The minimum absolute atomic E-state index is 0.169. The van der Waals surface area contributed by atoms with Crippen molar-refractivity contribution in [3.63, 3.8) is 0 Å². The fourth-order valence-corrected chi connectivity index (χ4v) is 5.64. The van der Waals surface area contributed by atoms with Gasteiger partial charge in [0, 0.05) is 48.1 Å². The van der Waals surface area contributed by atoms with Gasteiger partial charge in [-0.25, -0.2) is 9.97 Å². The summed E-state index contributed by atoms with van der Waals surface area (Å²) in [6.07, 6.45) is 5.79. The molecule has 6 rings (SSSR count). The predicted octanol–water partition coefficient (Wildman–Crippen LogP) is 3.78. The van der Waals surface area contributed by atoms with Gasteiger partial charge < -0.3 is 25.0 Å². The molecule has 2 saturated heterocycles. The van der Waals surface area contributed by atoms with Crippen LogP contribution in [0.15, 0.2) is 73.1 Å². The van der Waals surface area contributed by atoms with Gasteiger partial charge in [-0.15, -0.1) is 0 Å². The summed E-state index contributed by atoms with van der Waals surface area (Å²) in [4.78, 5) is 31.1. The second kappa shape index (κ2) is 12.2. The molecule has 1 aromatic carbocycles. The maximum absolute atomic E-state index is 12.6. The van der Waals surface area contributed by atoms with Crippen LogP contribution in [0.2, 0.25) is 0 Å². The molecule has 212 valence electrons. The van der Waals surface area contributed by atoms with Crippen LogP contribution in [-0.4, -0.2) is 82.8 Å². The molecule has 5 heterocycles. The number of carbonyl (C=O) groups excluding carboxylic acids is 1. The highest BCUT2D eigenvalue weighted by Crippen LogP contribution is 2.30. The van der Waals surface area contributed by atoms with Crippen molar-refractivity contribution in [1.29, 1.82) is 0 Å². The molecule has 3 aromatic heterocycles. The Balaban J connectivity index is 1.14. The number of carbonyl (C=O) groups is 1. The molecule has 2 fully saturated rings. The van der Waals surface area contributed by atoms with Crippen LogP contribution >= 0.6 is 0 Å². The molecular formula is C32H36N6O3. The second-order valence-electron chi connectivity index (χ2n) is 11.1. The summed E-state index contributed by atoms with van der Waals surface area (Å²) in [5.74, 6) is 1.72. The summed E-state index contributed by atoms with van der Waals surface area (Å²) in [7, 11) is 2.16. The Labute approximate surface area is 240 Å². The van der Waals surface area contributed by atoms with Crippen LogP contribution in [-0.2, 0) is 0 Å². The van der Waals surface area contributed by atoms with Crippen molar-refractivity contribution in [2.45, 2.75) is 31.4 Å². The number of aliphatic hydroxyl groups is 1. The quantitative estimate of drug-likeness (QED) is 0.357. The Morgan fingerprint density at radius 2 is 1.85 bits per heavy atom. The van der Waals surface area contributed by atoms with Crippen molar-refractivity contribution in [2.75, 3.05) is 44.7 Å². The highest BCUT2D eigenvalue weighted by molar-refractivity contribution is 5.94. The lowest BCUT2D eigenvalue weighted by molar-refractivity contribution is 0.0797. The van der Waals surface area contributed by atoms with Gasteiger partial charge in [0.15, 0.2) is 0 Å². The number of piperidine rings is 2. The number of fused-ring (bicyclic) bond motifs is 1. The summed E-state index contributed by atoms with van der Waals surface area (Å²) in [5, 5.41) is 14.7. The SMILES string of the molecule is CN1CCC(COc2cc3ncccc3c(-c3ccc(N4CC[C@H](NC(=O)c5ccccc5)[C@@H](O)C4)nc3)n2)CC1. The van der Waals surface area contributed by atoms with Crippen LogP contribution in [0.3, 0.4) is 0 Å². The second-order valence-corrected chi connectivity index (χ2v) is 11.1. The number of aliphatic hydroxyl groups excluding tert-OH is 1. The molecule has 0 unspecified atom stereocenters. The molecule has 2 N–H and O–H groups in total. The zero-order valence-corrected chi connectivity index (χ0v) is 23.3. The maximum Gasteiger partial charge on any atom is 0.251 e. The first-order valence-corrected chi connectivity index (χ1v) is 14.4. The average Bonchev–Trinajstić information content (AvgIpc) is 3.02. The fraction of sp³-hybridized carbons (Fsp3) is 0.375. The molecule has 41 heavy (non-hydrogen) atoms. The number of ether oxygens (including phenoxy) is 1. The molecule has 1 amide bonds. The largest absolute Gasteiger partial charge is 0.477 e. The molecule has 2 aliphatic heterocycles. The summed E-state index contributed by atoms with van der Waals surface area (Å²) in [5.41, 5.74) is 3.09. The molecule has 0 radical (unpaired) electrons. The average molecular weight is 553 g/mol. The normalized spacial score (nSPS) is 20.2. The van der Waals surface area contributed by atoms with Gasteiger partial charge in [0.2, 0.25) is 5.88 Å². The van der Waals surface area contributed by atoms with E-state index in [1.165, 1.54) is 0 Å². The Bertz CT molecular complexity index is 1470. The lowest BCUT2D eigenvalue weighted by Gasteiger charge is -2.37. The molecule has 0 saturated carbocycles. The van der Waals surface area contributed by atoms with Crippen LogP contribution in [0.1, 0.15) is 29.6 Å². The van der Waals surface area contributed by atoms with Crippen molar-refractivity contribution < 1.29 is 14.6 Å². The standard InChI is InChI=1S/C32H36N6O3/c1-37-15-11-22(12-16-37)21-41-30-18-27-25(8-5-14-33-27)31(36-30)24-9-10-29(34-19-24)38-17-13-26(28(39)20-38)35-32(40)23-6-3-2-4-7-23/h2-10,14,18-19,22,26,28,39H,11-13,15-17,20-21H2,1H3,(H,35,40)/t26-,28-/m0/s1. The first kappa shape index (κ1) is 27.1. The smallest absolute Gasteiger partial charge is 0.251 e. The van der Waals surface area contributed by atoms with E-state index in [0.717, 1.165) is 53.9 Å². The number of aromatic nitrogens is 3. The lowest BCUT2D eigenvalue weighted by Crippen LogP contribution is -2.54. The third-order valence-corrected chi connectivity index (χ3v) is 8.16. The van der Waals surface area contributed by atoms with E-state index in [2.05, 4.69) is 22.2 Å². The van der Waals surface area contributed by atoms with Gasteiger partial charge in [0.05, 0.1) is 30.0 Å². The minimum atomic E-state index is -0.701. The highest BCUT2D eigenvalue weighted by Gasteiger charge is 2.30. The number of likely N-dealkylation sites (tertiary alicyclic amines) is 1. The summed E-state index contributed by atoms with van der Waals surface area (Å²) >= 11 is 0. The third-order valence-electron chi connectivity index (χ3n) is 8.16. The fourth-order valence-electron chi connectivity index (χ4n) is 5.64. The van der Waals surface area contributed by atoms with Crippen molar-refractivity contribution in [2.24, 2.45) is 5.92 Å². The Morgan fingerprint density at radius 1 is 1.02 bits per heavy atom. The molecular weight excluding hydrogens is 516 g/mol. The summed E-state index contributed by atoms with van der Waals surface area (Å²) in [6.45, 7) is 3.91. The molecule has 9 nitrogen and oxygen atoms in total. The topological polar surface area (TPSA) is 104 Å². The van der Waals surface area contributed by atoms with Crippen molar-refractivity contribution in [3.8, 4) is 17.1 Å². The van der Waals surface area contributed by atoms with Crippen molar-refractivity contribution in [3.05, 3.63) is 78.6 Å². The van der Waals surface area contributed by atoms with E-state index >= 15 is 0 Å². The molecule has 2 atom stereocenters. The molecule has 0 spiro atoms. The zero-order valence-electron chi connectivity index (χ0n) is 23.3. The van der Waals surface area contributed by atoms with E-state index in [-0.39, 0.29) is 11.9 Å². The lowest BCUT2D eigenvalue weighted by atomic mass is 9.98. The third kappa shape index (κ3) is 6.31. The maximum atomic E-state index is 12.6. The molecule has 2 aliphatic rings. The number of hydrogen-bond acceptors (Lipinski definition) is 8. The van der Waals surface area contributed by atoms with Gasteiger partial charge in [-0.3, -0.25) is 9.78 Å². The molecule has 0 bridgehead atoms. The Kier molecular flexibility index (Phi) is 8.07. The van der Waals surface area contributed by atoms with Gasteiger partial charge in [-0.2, -0.15) is 0 Å². The first-order chi connectivity index (χ1) is 20.0. The van der Waals surface area contributed by atoms with Gasteiger partial charge in [-0.05, 0) is 81.7 Å². The Hall–Kier alpha value is -4.08. The molecule has 4 aromatic rings. The van der Waals surface area contributed by atoms with Crippen LogP contribution in [0, 0.1) is 5.92 Å². The van der Waals surface area contributed by atoms with Crippen LogP contribution < -0.4 is 15.0 Å². The monoisotopic (exact) mass is 552 g/mol. The molecule has 0 aliphatic carbocycles. The number of hydrogen-bond donors (Lipinski definition) is 2. The van der Waals surface area contributed by atoms with Gasteiger partial charge in [0.25, 0.3) is 5.91 Å². The number of benzene rings is 1. The van der Waals surface area contributed by atoms with Gasteiger partial charge in [0.1, 0.15) is 5.82 Å². The van der Waals surface area contributed by atoms with E-state index in [0.29, 0.717) is 43.5 Å². The number of pyridine rings is 3. The zero-order chi connectivity index (χ0) is 28.2. The van der Waals surface area contributed by atoms with E-state index in [1.807, 2.05) is 59.6 Å². The number of rotatable bonds is 7. The van der Waals surface area contributed by atoms with Crippen LogP contribution in [0.5, 0.6) is 5.88 Å².